The lowest BCUT2D eigenvalue weighted by molar-refractivity contribution is -0.0309. The van der Waals surface area contributed by atoms with Crippen LogP contribution < -0.4 is 0 Å². The van der Waals surface area contributed by atoms with Crippen molar-refractivity contribution in [2.24, 2.45) is 23.2 Å². The summed E-state index contributed by atoms with van der Waals surface area (Å²) in [6.45, 7) is 7.04. The van der Waals surface area contributed by atoms with Gasteiger partial charge in [0.1, 0.15) is 0 Å². The number of rotatable bonds is 2. The van der Waals surface area contributed by atoms with Crippen molar-refractivity contribution in [3.8, 4) is 0 Å². The highest BCUT2D eigenvalue weighted by Gasteiger charge is 2.41. The Bertz CT molecular complexity index is 230. The SMILES string of the molecule is CC1CCC(C(O)C2(C)CCCC2)CC1C. The smallest absolute Gasteiger partial charge is 0.0622 e. The van der Waals surface area contributed by atoms with Gasteiger partial charge in [0, 0.05) is 0 Å². The fourth-order valence-corrected chi connectivity index (χ4v) is 3.92. The van der Waals surface area contributed by atoms with Gasteiger partial charge in [-0.05, 0) is 48.9 Å². The summed E-state index contributed by atoms with van der Waals surface area (Å²) in [7, 11) is 0. The summed E-state index contributed by atoms with van der Waals surface area (Å²) in [5.41, 5.74) is 0.241. The van der Waals surface area contributed by atoms with Gasteiger partial charge in [-0.1, -0.05) is 40.0 Å². The summed E-state index contributed by atoms with van der Waals surface area (Å²) in [6, 6.07) is 0. The quantitative estimate of drug-likeness (QED) is 0.751. The van der Waals surface area contributed by atoms with Crippen molar-refractivity contribution in [1.82, 2.24) is 0 Å². The van der Waals surface area contributed by atoms with E-state index in [1.165, 1.54) is 44.9 Å². The topological polar surface area (TPSA) is 20.2 Å². The molecule has 4 atom stereocenters. The van der Waals surface area contributed by atoms with Gasteiger partial charge < -0.3 is 5.11 Å². The van der Waals surface area contributed by atoms with Crippen LogP contribution in [0.1, 0.15) is 65.7 Å². The van der Waals surface area contributed by atoms with Gasteiger partial charge in [0.2, 0.25) is 0 Å². The molecule has 2 aliphatic rings. The molecule has 0 aromatic heterocycles. The van der Waals surface area contributed by atoms with Gasteiger partial charge in [0.05, 0.1) is 6.10 Å². The molecule has 94 valence electrons. The molecule has 2 saturated carbocycles. The van der Waals surface area contributed by atoms with Crippen molar-refractivity contribution in [2.75, 3.05) is 0 Å². The largest absolute Gasteiger partial charge is 0.392 e. The minimum Gasteiger partial charge on any atom is -0.392 e. The molecule has 16 heavy (non-hydrogen) atoms. The van der Waals surface area contributed by atoms with Crippen LogP contribution in [0.25, 0.3) is 0 Å². The number of aliphatic hydroxyl groups excluding tert-OH is 1. The third-order valence-electron chi connectivity index (χ3n) is 5.55. The van der Waals surface area contributed by atoms with Gasteiger partial charge in [0.25, 0.3) is 0 Å². The summed E-state index contributed by atoms with van der Waals surface area (Å²) in [5.74, 6) is 2.24. The molecular weight excluding hydrogens is 196 g/mol. The predicted octanol–water partition coefficient (Wildman–Crippen LogP) is 4.00. The van der Waals surface area contributed by atoms with Crippen LogP contribution in [0.15, 0.2) is 0 Å². The lowest BCUT2D eigenvalue weighted by Gasteiger charge is -2.41. The number of hydrogen-bond acceptors (Lipinski definition) is 1. The molecule has 1 N–H and O–H groups in total. The highest BCUT2D eigenvalue weighted by Crippen LogP contribution is 2.47. The molecule has 0 bridgehead atoms. The predicted molar refractivity (Wildman–Crippen MR) is 68.3 cm³/mol. The second-order valence-corrected chi connectivity index (χ2v) is 6.83. The van der Waals surface area contributed by atoms with Crippen molar-refractivity contribution >= 4 is 0 Å². The van der Waals surface area contributed by atoms with Crippen LogP contribution >= 0.6 is 0 Å². The normalized spacial score (nSPS) is 40.9. The van der Waals surface area contributed by atoms with Gasteiger partial charge in [-0.15, -0.1) is 0 Å². The summed E-state index contributed by atoms with van der Waals surface area (Å²) >= 11 is 0. The molecule has 1 nitrogen and oxygen atoms in total. The Morgan fingerprint density at radius 3 is 2.25 bits per heavy atom. The number of hydrogen-bond donors (Lipinski definition) is 1. The van der Waals surface area contributed by atoms with Gasteiger partial charge in [-0.3, -0.25) is 0 Å². The first-order valence-corrected chi connectivity index (χ1v) is 7.21. The average molecular weight is 224 g/mol. The van der Waals surface area contributed by atoms with Crippen LogP contribution in [0.2, 0.25) is 0 Å². The fraction of sp³-hybridized carbons (Fsp3) is 1.00. The van der Waals surface area contributed by atoms with E-state index in [4.69, 9.17) is 0 Å². The monoisotopic (exact) mass is 224 g/mol. The maximum Gasteiger partial charge on any atom is 0.0622 e. The number of aliphatic hydroxyl groups is 1. The first-order chi connectivity index (χ1) is 7.53. The van der Waals surface area contributed by atoms with E-state index in [0.29, 0.717) is 5.92 Å². The molecule has 0 aromatic carbocycles. The Morgan fingerprint density at radius 1 is 1.06 bits per heavy atom. The Hall–Kier alpha value is -0.0400. The lowest BCUT2D eigenvalue weighted by Crippen LogP contribution is -2.39. The molecule has 0 amide bonds. The van der Waals surface area contributed by atoms with Crippen molar-refractivity contribution in [3.63, 3.8) is 0 Å². The van der Waals surface area contributed by atoms with Gasteiger partial charge >= 0.3 is 0 Å². The van der Waals surface area contributed by atoms with Gasteiger partial charge in [-0.25, -0.2) is 0 Å². The maximum atomic E-state index is 10.6. The van der Waals surface area contributed by atoms with Crippen LogP contribution in [0.5, 0.6) is 0 Å². The summed E-state index contributed by atoms with van der Waals surface area (Å²) < 4.78 is 0. The van der Waals surface area contributed by atoms with E-state index in [2.05, 4.69) is 20.8 Å². The van der Waals surface area contributed by atoms with Crippen LogP contribution in [-0.4, -0.2) is 11.2 Å². The molecule has 0 aliphatic heterocycles. The Balaban J connectivity index is 1.97. The molecule has 2 rings (SSSR count). The van der Waals surface area contributed by atoms with Crippen LogP contribution in [0, 0.1) is 23.2 Å². The van der Waals surface area contributed by atoms with E-state index >= 15 is 0 Å². The Labute approximate surface area is 101 Å². The first kappa shape index (κ1) is 12.4. The van der Waals surface area contributed by atoms with Crippen LogP contribution in [0.3, 0.4) is 0 Å². The molecule has 0 saturated heterocycles. The maximum absolute atomic E-state index is 10.6. The van der Waals surface area contributed by atoms with E-state index < -0.39 is 0 Å². The van der Waals surface area contributed by atoms with Gasteiger partial charge in [0.15, 0.2) is 0 Å². The molecule has 1 heteroatoms. The lowest BCUT2D eigenvalue weighted by atomic mass is 9.67. The van der Waals surface area contributed by atoms with E-state index in [1.807, 2.05) is 0 Å². The Morgan fingerprint density at radius 2 is 1.69 bits per heavy atom. The molecule has 0 heterocycles. The zero-order chi connectivity index (χ0) is 11.8. The standard InChI is InChI=1S/C15H28O/c1-11-6-7-13(10-12(11)2)14(16)15(3)8-4-5-9-15/h11-14,16H,4-10H2,1-3H3. The molecular formula is C15H28O. The molecule has 0 aromatic rings. The summed E-state index contributed by atoms with van der Waals surface area (Å²) in [5, 5.41) is 10.6. The first-order valence-electron chi connectivity index (χ1n) is 7.21. The van der Waals surface area contributed by atoms with Crippen molar-refractivity contribution in [2.45, 2.75) is 71.8 Å². The zero-order valence-electron chi connectivity index (χ0n) is 11.2. The van der Waals surface area contributed by atoms with Crippen molar-refractivity contribution < 1.29 is 5.11 Å². The highest BCUT2D eigenvalue weighted by molar-refractivity contribution is 4.92. The summed E-state index contributed by atoms with van der Waals surface area (Å²) in [6.07, 6.45) is 8.92. The average Bonchev–Trinajstić information content (AvgIpc) is 2.70. The molecule has 0 radical (unpaired) electrons. The van der Waals surface area contributed by atoms with E-state index in [9.17, 15) is 5.11 Å². The Kier molecular flexibility index (Phi) is 3.63. The van der Waals surface area contributed by atoms with Crippen molar-refractivity contribution in [3.05, 3.63) is 0 Å². The second kappa shape index (κ2) is 4.68. The van der Waals surface area contributed by atoms with Crippen LogP contribution in [0.4, 0.5) is 0 Å². The molecule has 4 unspecified atom stereocenters. The second-order valence-electron chi connectivity index (χ2n) is 6.83. The summed E-state index contributed by atoms with van der Waals surface area (Å²) in [4.78, 5) is 0. The van der Waals surface area contributed by atoms with Crippen molar-refractivity contribution in [1.29, 1.82) is 0 Å². The minimum absolute atomic E-state index is 0.0371. The van der Waals surface area contributed by atoms with E-state index in [-0.39, 0.29) is 11.5 Å². The third-order valence-corrected chi connectivity index (χ3v) is 5.55. The van der Waals surface area contributed by atoms with Crippen LogP contribution in [-0.2, 0) is 0 Å². The molecule has 2 fully saturated rings. The molecule has 0 spiro atoms. The van der Waals surface area contributed by atoms with E-state index in [0.717, 1.165) is 11.8 Å². The zero-order valence-corrected chi connectivity index (χ0v) is 11.2. The highest BCUT2D eigenvalue weighted by atomic mass is 16.3. The molecule has 2 aliphatic carbocycles. The third kappa shape index (κ3) is 2.30. The van der Waals surface area contributed by atoms with E-state index in [1.54, 1.807) is 0 Å². The minimum atomic E-state index is -0.0371. The van der Waals surface area contributed by atoms with Gasteiger partial charge in [-0.2, -0.15) is 0 Å². The fourth-order valence-electron chi connectivity index (χ4n) is 3.92.